The van der Waals surface area contributed by atoms with Gasteiger partial charge in [-0.2, -0.15) is 0 Å². The molecule has 3 rings (SSSR count). The number of hydrogen-bond donors (Lipinski definition) is 5. The first-order valence-electron chi connectivity index (χ1n) is 34.8. The Morgan fingerprint density at radius 2 is 1.47 bits per heavy atom. The zero-order chi connectivity index (χ0) is 70.8. The molecule has 4 amide bonds. The van der Waals surface area contributed by atoms with Crippen LogP contribution in [-0.4, -0.2) is 181 Å². The molecule has 9 atom stereocenters. The lowest BCUT2D eigenvalue weighted by atomic mass is 9.85. The van der Waals surface area contributed by atoms with Gasteiger partial charge in [-0.25, -0.2) is 4.98 Å². The molecule has 1 aliphatic heterocycles. The smallest absolute Gasteiger partial charge is 0.325 e. The van der Waals surface area contributed by atoms with E-state index in [1.165, 1.54) is 38.2 Å². The van der Waals surface area contributed by atoms with Crippen LogP contribution in [0.25, 0.3) is 0 Å². The van der Waals surface area contributed by atoms with Crippen molar-refractivity contribution < 1.29 is 81.8 Å². The molecule has 1 aliphatic rings. The Labute approximate surface area is 582 Å². The zero-order valence-corrected chi connectivity index (χ0v) is 61.3. The minimum atomic E-state index is -1.02. The number of methoxy groups -OCH3 is 1. The largest absolute Gasteiger partial charge is 0.508 e. The molecule has 0 radical (unpaired) electrons. The van der Waals surface area contributed by atoms with Crippen molar-refractivity contribution in [3.05, 3.63) is 45.9 Å². The quantitative estimate of drug-likeness (QED) is 0.0103. The number of amides is 4. The molecule has 1 aromatic carbocycles. The molecule has 5 N–H and O–H groups in total. The van der Waals surface area contributed by atoms with Crippen LogP contribution in [0.3, 0.4) is 0 Å². The molecule has 2 heterocycles. The molecule has 3 unspecified atom stereocenters. The van der Waals surface area contributed by atoms with E-state index in [0.29, 0.717) is 55.8 Å². The number of hydrogen-bond acceptors (Lipinski definition) is 22. The normalized spacial score (nSPS) is 15.8. The number of thiazole rings is 1. The van der Waals surface area contributed by atoms with Gasteiger partial charge in [-0.1, -0.05) is 140 Å². The number of aromatic hydroxyl groups is 1. The number of aliphatic hydroxyl groups excluding tert-OH is 1. The second kappa shape index (κ2) is 49.2. The molecular weight excluding hydrogens is 1290 g/mol. The molecular formula is C70H114N6O17S3. The number of nitrogens with one attached hydrogen (secondary N) is 3. The SMILES string of the molecule is CCCC(=O)OCN(C(=O)[C@@H](NC(=O)C1CCCCN1C)[C@H](C)CC)[C@H](C[C@@H](OC(C)=O)c1nc(C(=O)C[C@@H](Cc2ccc(O)cc2)C[C@H](C)C(=O)NCC(=O)OCCSSCCCCCCCCCCCNC(=O)CCCC(=O)OCC(OC)OC(CC)CO)cs1)C(C)C. The van der Waals surface area contributed by atoms with Gasteiger partial charge in [0.25, 0.3) is 0 Å². The number of piperidine rings is 1. The molecule has 544 valence electrons. The van der Waals surface area contributed by atoms with Crippen LogP contribution in [0, 0.1) is 23.7 Å². The van der Waals surface area contributed by atoms with Crippen molar-refractivity contribution in [3.63, 3.8) is 0 Å². The summed E-state index contributed by atoms with van der Waals surface area (Å²) in [5.74, 6) is -3.43. The van der Waals surface area contributed by atoms with E-state index in [1.807, 2.05) is 53.5 Å². The van der Waals surface area contributed by atoms with Gasteiger partial charge in [0.2, 0.25) is 23.6 Å². The molecule has 2 aromatic rings. The molecule has 96 heavy (non-hydrogen) atoms. The topological polar surface area (TPSA) is 305 Å². The molecule has 1 aromatic heterocycles. The first kappa shape index (κ1) is 84.8. The van der Waals surface area contributed by atoms with E-state index in [9.17, 15) is 53.4 Å². The first-order chi connectivity index (χ1) is 46.0. The number of carbonyl (C=O) groups excluding carboxylic acids is 9. The summed E-state index contributed by atoms with van der Waals surface area (Å²) in [6.45, 7) is 15.0. The van der Waals surface area contributed by atoms with Gasteiger partial charge < -0.3 is 59.5 Å². The summed E-state index contributed by atoms with van der Waals surface area (Å²) in [5.41, 5.74) is 0.961. The van der Waals surface area contributed by atoms with Crippen molar-refractivity contribution >= 4 is 86.2 Å². The molecule has 1 fully saturated rings. The third kappa shape index (κ3) is 34.4. The Balaban J connectivity index is 1.44. The number of rotatable bonds is 52. The van der Waals surface area contributed by atoms with E-state index in [-0.39, 0.29) is 118 Å². The number of likely N-dealkylation sites (N-methyl/N-ethyl adjacent to an activating group) is 1. The van der Waals surface area contributed by atoms with E-state index >= 15 is 0 Å². The van der Waals surface area contributed by atoms with Crippen LogP contribution in [-0.2, 0) is 73.2 Å². The second-order valence-electron chi connectivity index (χ2n) is 25.4. The van der Waals surface area contributed by atoms with Gasteiger partial charge in [0.15, 0.2) is 24.9 Å². The number of aliphatic hydroxyl groups is 1. The van der Waals surface area contributed by atoms with Crippen molar-refractivity contribution in [3.8, 4) is 5.75 Å². The van der Waals surface area contributed by atoms with Crippen molar-refractivity contribution in [2.24, 2.45) is 23.7 Å². The fourth-order valence-corrected chi connectivity index (χ4v) is 14.0. The third-order valence-corrected chi connectivity index (χ3v) is 20.5. The van der Waals surface area contributed by atoms with Crippen molar-refractivity contribution in [2.75, 3.05) is 71.8 Å². The molecule has 1 saturated heterocycles. The lowest BCUT2D eigenvalue weighted by Gasteiger charge is -2.39. The van der Waals surface area contributed by atoms with Gasteiger partial charge in [0.05, 0.1) is 18.8 Å². The summed E-state index contributed by atoms with van der Waals surface area (Å²) < 4.78 is 33.0. The average Bonchev–Trinajstić information content (AvgIpc) is 1.19. The van der Waals surface area contributed by atoms with E-state index < -0.39 is 79.1 Å². The summed E-state index contributed by atoms with van der Waals surface area (Å²) in [6.07, 6.45) is 13.6. The maximum Gasteiger partial charge on any atom is 0.325 e. The number of esters is 4. The van der Waals surface area contributed by atoms with Gasteiger partial charge in [-0.3, -0.25) is 48.1 Å². The molecule has 0 bridgehead atoms. The maximum absolute atomic E-state index is 15.0. The number of ketones is 1. The molecule has 23 nitrogen and oxygen atoms in total. The van der Waals surface area contributed by atoms with Gasteiger partial charge in [-0.05, 0) is 107 Å². The highest BCUT2D eigenvalue weighted by Gasteiger charge is 2.40. The number of unbranched alkanes of at least 4 members (excludes halogenated alkanes) is 8. The summed E-state index contributed by atoms with van der Waals surface area (Å²) in [6, 6.07) is 4.57. The number of phenolic OH excluding ortho intramolecular Hbond substituents is 1. The standard InChI is InChI=1S/C70H114N6O17S3/c1-11-26-62(82)91-47-76(70(87)66(49(6)12-2)74-68(86)57-27-21-23-35-75(57)9)58(48(4)5)42-60(92-51(8)78)69-73-56(46-94-69)59(80)41-53(40-52-30-32-54(79)33-31-52)39-50(7)67(85)72-43-64(84)89-36-38-96-95-37-24-20-18-16-14-15-17-19-22-34-71-61(81)28-25-29-63(83)90-45-65(88-10)93-55(13-3)44-77/h30-33,46,48-50,53,55,57-58,60,65-66,77,79H,11-29,34-45,47H2,1-10H3,(H,71,81)(H,72,85)(H,74,86)/t49-,50+,53-,55?,57?,58-,60-,65?,66+/m1/s1. The van der Waals surface area contributed by atoms with Crippen LogP contribution in [0.1, 0.15) is 224 Å². The predicted molar refractivity (Wildman–Crippen MR) is 374 cm³/mol. The van der Waals surface area contributed by atoms with Crippen molar-refractivity contribution in [1.29, 1.82) is 0 Å². The van der Waals surface area contributed by atoms with Crippen LogP contribution < -0.4 is 16.0 Å². The Hall–Kier alpha value is -5.38. The van der Waals surface area contributed by atoms with Gasteiger partial charge in [0, 0.05) is 81.5 Å². The van der Waals surface area contributed by atoms with Crippen LogP contribution in [0.15, 0.2) is 29.6 Å². The Morgan fingerprint density at radius 1 is 0.792 bits per heavy atom. The fraction of sp³-hybridized carbons (Fsp3) is 0.743. The molecule has 0 saturated carbocycles. The van der Waals surface area contributed by atoms with E-state index in [2.05, 4.69) is 16.0 Å². The summed E-state index contributed by atoms with van der Waals surface area (Å²) in [5, 5.41) is 29.9. The van der Waals surface area contributed by atoms with Crippen molar-refractivity contribution in [2.45, 2.75) is 240 Å². The Bertz CT molecular complexity index is 2610. The van der Waals surface area contributed by atoms with Crippen LogP contribution >= 0.6 is 32.9 Å². The average molecular weight is 1410 g/mol. The number of likely N-dealkylation sites (tertiary alicyclic amines) is 1. The van der Waals surface area contributed by atoms with E-state index in [1.54, 1.807) is 58.2 Å². The highest BCUT2D eigenvalue weighted by molar-refractivity contribution is 8.76. The number of ether oxygens (including phenoxy) is 6. The van der Waals surface area contributed by atoms with E-state index in [4.69, 9.17) is 33.4 Å². The monoisotopic (exact) mass is 1410 g/mol. The fourth-order valence-electron chi connectivity index (χ4n) is 11.2. The zero-order valence-electron chi connectivity index (χ0n) is 58.9. The van der Waals surface area contributed by atoms with Gasteiger partial charge >= 0.3 is 23.9 Å². The Kier molecular flexibility index (Phi) is 43.5. The molecule has 0 spiro atoms. The van der Waals surface area contributed by atoms with Crippen LogP contribution in [0.4, 0.5) is 0 Å². The van der Waals surface area contributed by atoms with Crippen LogP contribution in [0.5, 0.6) is 5.75 Å². The number of carbonyl (C=O) groups is 9. The molecule has 26 heteroatoms. The highest BCUT2D eigenvalue weighted by Crippen LogP contribution is 2.33. The summed E-state index contributed by atoms with van der Waals surface area (Å²) in [7, 11) is 6.73. The number of phenols is 1. The lowest BCUT2D eigenvalue weighted by molar-refractivity contribution is -0.194. The van der Waals surface area contributed by atoms with Crippen LogP contribution in [0.2, 0.25) is 0 Å². The summed E-state index contributed by atoms with van der Waals surface area (Å²) >= 11 is 1.13. The number of aromatic nitrogens is 1. The highest BCUT2D eigenvalue weighted by atomic mass is 33.1. The van der Waals surface area contributed by atoms with Crippen molar-refractivity contribution in [1.82, 2.24) is 30.7 Å². The third-order valence-electron chi connectivity index (χ3n) is 17.1. The number of Topliss-reactive ketones (excluding diaryl/α,β-unsaturated/α-hetero) is 1. The molecule has 0 aliphatic carbocycles. The minimum absolute atomic E-state index is 0.0137. The predicted octanol–water partition coefficient (Wildman–Crippen LogP) is 10.6. The van der Waals surface area contributed by atoms with Gasteiger partial charge in [0.1, 0.15) is 42.3 Å². The second-order valence-corrected chi connectivity index (χ2v) is 29.0. The number of nitrogens with zero attached hydrogens (tertiary/aromatic N) is 3. The lowest BCUT2D eigenvalue weighted by Crippen LogP contribution is -2.59. The summed E-state index contributed by atoms with van der Waals surface area (Å²) in [4.78, 5) is 128. The first-order valence-corrected chi connectivity index (χ1v) is 38.2. The van der Waals surface area contributed by atoms with Gasteiger partial charge in [-0.15, -0.1) is 11.3 Å². The maximum atomic E-state index is 15.0. The Morgan fingerprint density at radius 3 is 2.10 bits per heavy atom. The van der Waals surface area contributed by atoms with E-state index in [0.717, 1.165) is 80.6 Å². The minimum Gasteiger partial charge on any atom is -0.508 e. The number of benzene rings is 1.